The van der Waals surface area contributed by atoms with E-state index >= 15 is 0 Å². The van der Waals surface area contributed by atoms with E-state index < -0.39 is 11.2 Å². The van der Waals surface area contributed by atoms with E-state index in [9.17, 15) is 14.4 Å². The fourth-order valence-electron chi connectivity index (χ4n) is 2.30. The van der Waals surface area contributed by atoms with Crippen molar-refractivity contribution in [1.29, 1.82) is 0 Å². The van der Waals surface area contributed by atoms with Crippen LogP contribution in [0.3, 0.4) is 0 Å². The molecule has 0 aliphatic rings. The zero-order valence-corrected chi connectivity index (χ0v) is 12.8. The number of nitrogens with one attached hydrogen (secondary N) is 1. The molecule has 20 heavy (non-hydrogen) atoms. The van der Waals surface area contributed by atoms with E-state index in [2.05, 4.69) is 4.98 Å². The SMILES string of the molecule is CC(=O)c1c[nH]c(=O)n(C(CC(C)C)CN(C)C)c1=O. The molecule has 1 rings (SSSR count). The van der Waals surface area contributed by atoms with Gasteiger partial charge >= 0.3 is 5.69 Å². The maximum absolute atomic E-state index is 12.3. The minimum atomic E-state index is -0.506. The van der Waals surface area contributed by atoms with E-state index in [0.29, 0.717) is 18.9 Å². The number of Topliss-reactive ketones (excluding diaryl/α,β-unsaturated/α-hetero) is 1. The Morgan fingerprint density at radius 1 is 1.35 bits per heavy atom. The van der Waals surface area contributed by atoms with E-state index in [1.807, 2.05) is 32.8 Å². The molecule has 1 aromatic heterocycles. The monoisotopic (exact) mass is 281 g/mol. The number of rotatable bonds is 6. The minimum absolute atomic E-state index is 0.0251. The summed E-state index contributed by atoms with van der Waals surface area (Å²) < 4.78 is 1.18. The first-order valence-corrected chi connectivity index (χ1v) is 6.74. The summed E-state index contributed by atoms with van der Waals surface area (Å²) in [7, 11) is 3.78. The molecule has 0 spiro atoms. The molecule has 0 saturated carbocycles. The van der Waals surface area contributed by atoms with Gasteiger partial charge in [-0.1, -0.05) is 13.8 Å². The zero-order chi connectivity index (χ0) is 15.4. The average molecular weight is 281 g/mol. The number of nitrogens with zero attached hydrogens (tertiary/aromatic N) is 2. The van der Waals surface area contributed by atoms with Crippen LogP contribution >= 0.6 is 0 Å². The largest absolute Gasteiger partial charge is 0.328 e. The molecule has 0 aromatic carbocycles. The molecule has 1 aromatic rings. The summed E-state index contributed by atoms with van der Waals surface area (Å²) in [6.45, 7) is 5.97. The smallest absolute Gasteiger partial charge is 0.313 e. The number of likely N-dealkylation sites (N-methyl/N-ethyl adjacent to an activating group) is 1. The van der Waals surface area contributed by atoms with Crippen LogP contribution in [0.5, 0.6) is 0 Å². The van der Waals surface area contributed by atoms with E-state index in [1.165, 1.54) is 17.7 Å². The van der Waals surface area contributed by atoms with Gasteiger partial charge in [-0.3, -0.25) is 14.2 Å². The zero-order valence-electron chi connectivity index (χ0n) is 12.8. The number of aromatic amines is 1. The van der Waals surface area contributed by atoms with Crippen molar-refractivity contribution < 1.29 is 4.79 Å². The first-order chi connectivity index (χ1) is 9.23. The van der Waals surface area contributed by atoms with Crippen LogP contribution in [0.4, 0.5) is 0 Å². The van der Waals surface area contributed by atoms with Crippen molar-refractivity contribution in [1.82, 2.24) is 14.5 Å². The molecule has 0 fully saturated rings. The molecule has 112 valence electrons. The highest BCUT2D eigenvalue weighted by Crippen LogP contribution is 2.15. The Bertz CT molecular complexity index is 574. The molecule has 0 bridgehead atoms. The summed E-state index contributed by atoms with van der Waals surface area (Å²) in [6, 6.07) is -0.249. The maximum Gasteiger partial charge on any atom is 0.328 e. The molecular formula is C14H23N3O3. The van der Waals surface area contributed by atoms with Gasteiger partial charge in [-0.25, -0.2) is 4.79 Å². The van der Waals surface area contributed by atoms with Crippen LogP contribution in [0.2, 0.25) is 0 Å². The Kier molecular flexibility index (Phi) is 5.44. The second-order valence-electron chi connectivity index (χ2n) is 5.78. The van der Waals surface area contributed by atoms with E-state index in [1.54, 1.807) is 0 Å². The van der Waals surface area contributed by atoms with Crippen molar-refractivity contribution in [2.75, 3.05) is 20.6 Å². The number of carbonyl (C=O) groups is 1. The lowest BCUT2D eigenvalue weighted by molar-refractivity contribution is 0.101. The molecule has 0 aliphatic carbocycles. The first kappa shape index (κ1) is 16.4. The van der Waals surface area contributed by atoms with Crippen LogP contribution in [-0.4, -0.2) is 40.9 Å². The van der Waals surface area contributed by atoms with Crippen molar-refractivity contribution in [2.24, 2.45) is 5.92 Å². The highest BCUT2D eigenvalue weighted by molar-refractivity contribution is 5.93. The molecule has 6 nitrogen and oxygen atoms in total. The van der Waals surface area contributed by atoms with Crippen molar-refractivity contribution in [3.8, 4) is 0 Å². The van der Waals surface area contributed by atoms with Gasteiger partial charge in [-0.15, -0.1) is 0 Å². The van der Waals surface area contributed by atoms with Crippen molar-refractivity contribution in [3.05, 3.63) is 32.6 Å². The third-order valence-electron chi connectivity index (χ3n) is 3.07. The molecule has 0 aliphatic heterocycles. The molecule has 0 radical (unpaired) electrons. The van der Waals surface area contributed by atoms with Gasteiger partial charge in [0.2, 0.25) is 0 Å². The number of hydrogen-bond acceptors (Lipinski definition) is 4. The fourth-order valence-corrected chi connectivity index (χ4v) is 2.30. The van der Waals surface area contributed by atoms with Gasteiger partial charge in [0, 0.05) is 12.7 Å². The molecule has 6 heteroatoms. The van der Waals surface area contributed by atoms with Crippen LogP contribution in [0.25, 0.3) is 0 Å². The highest BCUT2D eigenvalue weighted by Gasteiger charge is 2.20. The predicted octanol–water partition coefficient (Wildman–Crippen LogP) is 0.888. The van der Waals surface area contributed by atoms with E-state index in [-0.39, 0.29) is 17.4 Å². The Morgan fingerprint density at radius 2 is 1.95 bits per heavy atom. The Labute approximate surface area is 118 Å². The van der Waals surface area contributed by atoms with Crippen LogP contribution in [0.1, 0.15) is 43.6 Å². The molecule has 0 saturated heterocycles. The minimum Gasteiger partial charge on any atom is -0.313 e. The second-order valence-corrected chi connectivity index (χ2v) is 5.78. The maximum atomic E-state index is 12.3. The summed E-state index contributed by atoms with van der Waals surface area (Å²) >= 11 is 0. The molecule has 1 atom stereocenters. The molecule has 1 unspecified atom stereocenters. The number of H-pyrrole nitrogens is 1. The normalized spacial score (nSPS) is 12.9. The fraction of sp³-hybridized carbons (Fsp3) is 0.643. The Hall–Kier alpha value is -1.69. The lowest BCUT2D eigenvalue weighted by Gasteiger charge is -2.24. The molecule has 0 amide bonds. The van der Waals surface area contributed by atoms with E-state index in [0.717, 1.165) is 0 Å². The molecule has 1 heterocycles. The first-order valence-electron chi connectivity index (χ1n) is 6.74. The van der Waals surface area contributed by atoms with Crippen LogP contribution < -0.4 is 11.2 Å². The van der Waals surface area contributed by atoms with Crippen LogP contribution in [0.15, 0.2) is 15.8 Å². The summed E-state index contributed by atoms with van der Waals surface area (Å²) in [5.41, 5.74) is -0.946. The van der Waals surface area contributed by atoms with Crippen LogP contribution in [0, 0.1) is 5.92 Å². The number of hydrogen-bond donors (Lipinski definition) is 1. The summed E-state index contributed by atoms with van der Waals surface area (Å²) in [6.07, 6.45) is 1.90. The van der Waals surface area contributed by atoms with Gasteiger partial charge in [0.15, 0.2) is 5.78 Å². The number of carbonyl (C=O) groups excluding carboxylic acids is 1. The van der Waals surface area contributed by atoms with E-state index in [4.69, 9.17) is 0 Å². The van der Waals surface area contributed by atoms with Gasteiger partial charge < -0.3 is 9.88 Å². The van der Waals surface area contributed by atoms with Gasteiger partial charge in [0.05, 0.1) is 11.6 Å². The van der Waals surface area contributed by atoms with Crippen molar-refractivity contribution >= 4 is 5.78 Å². The third kappa shape index (κ3) is 3.90. The van der Waals surface area contributed by atoms with Gasteiger partial charge in [-0.05, 0) is 33.4 Å². The lowest BCUT2D eigenvalue weighted by atomic mass is 10.0. The van der Waals surface area contributed by atoms with Gasteiger partial charge in [0.25, 0.3) is 5.56 Å². The summed E-state index contributed by atoms with van der Waals surface area (Å²) in [5.74, 6) is 0.000356. The average Bonchev–Trinajstić information content (AvgIpc) is 2.26. The molecular weight excluding hydrogens is 258 g/mol. The third-order valence-corrected chi connectivity index (χ3v) is 3.07. The second kappa shape index (κ2) is 6.65. The van der Waals surface area contributed by atoms with Gasteiger partial charge in [-0.2, -0.15) is 0 Å². The Morgan fingerprint density at radius 3 is 2.40 bits per heavy atom. The topological polar surface area (TPSA) is 75.2 Å². The van der Waals surface area contributed by atoms with Crippen molar-refractivity contribution in [3.63, 3.8) is 0 Å². The molecule has 1 N–H and O–H groups in total. The Balaban J connectivity index is 3.38. The van der Waals surface area contributed by atoms with Crippen LogP contribution in [-0.2, 0) is 0 Å². The van der Waals surface area contributed by atoms with Gasteiger partial charge in [0.1, 0.15) is 0 Å². The summed E-state index contributed by atoms with van der Waals surface area (Å²) in [4.78, 5) is 40.2. The van der Waals surface area contributed by atoms with Crippen molar-refractivity contribution in [2.45, 2.75) is 33.2 Å². The quantitative estimate of drug-likeness (QED) is 0.786. The summed E-state index contributed by atoms with van der Waals surface area (Å²) in [5, 5.41) is 0. The predicted molar refractivity (Wildman–Crippen MR) is 78.4 cm³/mol. The standard InChI is InChI=1S/C14H23N3O3/c1-9(2)6-11(8-16(4)5)17-13(19)12(10(3)18)7-15-14(17)20/h7,9,11H,6,8H2,1-5H3,(H,15,20). The highest BCUT2D eigenvalue weighted by atomic mass is 16.2. The number of aromatic nitrogens is 2. The number of ketones is 1. The lowest BCUT2D eigenvalue weighted by Crippen LogP contribution is -2.43.